The molecule has 0 aromatic heterocycles. The molecule has 1 amide bonds. The molecule has 1 unspecified atom stereocenters. The molecule has 0 heterocycles. The molecule has 5 nitrogen and oxygen atoms in total. The van der Waals surface area contributed by atoms with E-state index in [1.165, 1.54) is 0 Å². The molecule has 0 saturated carbocycles. The van der Waals surface area contributed by atoms with E-state index in [1.807, 2.05) is 20.8 Å². The lowest BCUT2D eigenvalue weighted by Crippen LogP contribution is -2.31. The number of nitrogens with two attached hydrogens (primary N) is 1. The molecule has 106 valence electrons. The standard InChI is InChI=1S/C14H23N3O2/c1-4-16-14(19)11-6-5-10(15)7-12(11)17-13(8-18)9(2)3/h5-7,9,13,17-18H,4,8,15H2,1-3H3,(H,16,19). The molecule has 1 rings (SSSR count). The van der Waals surface area contributed by atoms with Gasteiger partial charge in [-0.05, 0) is 31.0 Å². The Hall–Kier alpha value is -1.75. The second kappa shape index (κ2) is 6.99. The van der Waals surface area contributed by atoms with Gasteiger partial charge in [0.2, 0.25) is 0 Å². The Bertz CT molecular complexity index is 433. The fourth-order valence-corrected chi connectivity index (χ4v) is 1.76. The van der Waals surface area contributed by atoms with Crippen LogP contribution in [0.25, 0.3) is 0 Å². The smallest absolute Gasteiger partial charge is 0.253 e. The molecule has 1 atom stereocenters. The number of rotatable bonds is 6. The van der Waals surface area contributed by atoms with E-state index in [9.17, 15) is 9.90 Å². The molecule has 1 aromatic carbocycles. The van der Waals surface area contributed by atoms with Gasteiger partial charge in [0.1, 0.15) is 0 Å². The largest absolute Gasteiger partial charge is 0.399 e. The van der Waals surface area contributed by atoms with Crippen molar-refractivity contribution in [2.75, 3.05) is 24.2 Å². The SMILES string of the molecule is CCNC(=O)c1ccc(N)cc1NC(CO)C(C)C. The quantitative estimate of drug-likeness (QED) is 0.586. The number of aliphatic hydroxyl groups excluding tert-OH is 1. The number of hydrogen-bond acceptors (Lipinski definition) is 4. The molecule has 1 aromatic rings. The van der Waals surface area contributed by atoms with Crippen LogP contribution >= 0.6 is 0 Å². The summed E-state index contributed by atoms with van der Waals surface area (Å²) in [6.45, 7) is 6.45. The zero-order valence-electron chi connectivity index (χ0n) is 11.7. The highest BCUT2D eigenvalue weighted by Crippen LogP contribution is 2.21. The Labute approximate surface area is 114 Å². The number of carbonyl (C=O) groups is 1. The van der Waals surface area contributed by atoms with Crippen molar-refractivity contribution < 1.29 is 9.90 Å². The normalized spacial score (nSPS) is 12.3. The summed E-state index contributed by atoms with van der Waals surface area (Å²) in [6.07, 6.45) is 0. The third kappa shape index (κ3) is 4.13. The number of carbonyl (C=O) groups excluding carboxylic acids is 1. The van der Waals surface area contributed by atoms with Gasteiger partial charge in [0.25, 0.3) is 5.91 Å². The zero-order chi connectivity index (χ0) is 14.4. The van der Waals surface area contributed by atoms with Crippen molar-refractivity contribution in [3.8, 4) is 0 Å². The molecule has 0 aliphatic heterocycles. The van der Waals surface area contributed by atoms with Gasteiger partial charge in [-0.25, -0.2) is 0 Å². The minimum absolute atomic E-state index is 0.00129. The number of hydrogen-bond donors (Lipinski definition) is 4. The number of benzene rings is 1. The molecule has 0 spiro atoms. The van der Waals surface area contributed by atoms with Gasteiger partial charge in [0.05, 0.1) is 18.2 Å². The lowest BCUT2D eigenvalue weighted by Gasteiger charge is -2.23. The lowest BCUT2D eigenvalue weighted by atomic mass is 10.0. The fraction of sp³-hybridized carbons (Fsp3) is 0.500. The van der Waals surface area contributed by atoms with Gasteiger partial charge in [0.15, 0.2) is 0 Å². The number of aliphatic hydroxyl groups is 1. The van der Waals surface area contributed by atoms with Crippen molar-refractivity contribution in [2.24, 2.45) is 5.92 Å². The Kier molecular flexibility index (Phi) is 5.63. The molecule has 5 heteroatoms. The molecular weight excluding hydrogens is 242 g/mol. The van der Waals surface area contributed by atoms with Crippen LogP contribution < -0.4 is 16.4 Å². The molecular formula is C14H23N3O2. The van der Waals surface area contributed by atoms with E-state index >= 15 is 0 Å². The van der Waals surface area contributed by atoms with E-state index in [2.05, 4.69) is 10.6 Å². The van der Waals surface area contributed by atoms with E-state index in [-0.39, 0.29) is 24.5 Å². The Morgan fingerprint density at radius 3 is 2.63 bits per heavy atom. The zero-order valence-corrected chi connectivity index (χ0v) is 11.7. The summed E-state index contributed by atoms with van der Waals surface area (Å²) < 4.78 is 0. The van der Waals surface area contributed by atoms with E-state index in [0.29, 0.717) is 23.5 Å². The van der Waals surface area contributed by atoms with Gasteiger partial charge in [-0.2, -0.15) is 0 Å². The summed E-state index contributed by atoms with van der Waals surface area (Å²) in [5.74, 6) is 0.0963. The summed E-state index contributed by atoms with van der Waals surface area (Å²) in [5, 5.41) is 15.3. The predicted molar refractivity (Wildman–Crippen MR) is 78.2 cm³/mol. The Morgan fingerprint density at radius 2 is 2.11 bits per heavy atom. The van der Waals surface area contributed by atoms with Crippen molar-refractivity contribution in [2.45, 2.75) is 26.8 Å². The van der Waals surface area contributed by atoms with Crippen LogP contribution in [0, 0.1) is 5.92 Å². The lowest BCUT2D eigenvalue weighted by molar-refractivity contribution is 0.0956. The number of amides is 1. The van der Waals surface area contributed by atoms with E-state index < -0.39 is 0 Å². The first-order valence-electron chi connectivity index (χ1n) is 6.54. The number of nitrogens with one attached hydrogen (secondary N) is 2. The van der Waals surface area contributed by atoms with E-state index in [4.69, 9.17) is 5.73 Å². The van der Waals surface area contributed by atoms with Crippen molar-refractivity contribution in [1.82, 2.24) is 5.32 Å². The minimum atomic E-state index is -0.148. The first kappa shape index (κ1) is 15.3. The summed E-state index contributed by atoms with van der Waals surface area (Å²) in [6, 6.07) is 4.99. The van der Waals surface area contributed by atoms with Gasteiger partial charge in [-0.3, -0.25) is 4.79 Å². The maximum Gasteiger partial charge on any atom is 0.253 e. The summed E-state index contributed by atoms with van der Waals surface area (Å²) in [4.78, 5) is 12.0. The molecule has 0 aliphatic carbocycles. The minimum Gasteiger partial charge on any atom is -0.399 e. The van der Waals surface area contributed by atoms with Crippen molar-refractivity contribution in [1.29, 1.82) is 0 Å². The van der Waals surface area contributed by atoms with Crippen molar-refractivity contribution in [3.63, 3.8) is 0 Å². The highest BCUT2D eigenvalue weighted by molar-refractivity contribution is 6.00. The van der Waals surface area contributed by atoms with Crippen LogP contribution in [0.15, 0.2) is 18.2 Å². The monoisotopic (exact) mass is 265 g/mol. The van der Waals surface area contributed by atoms with Gasteiger partial charge < -0.3 is 21.5 Å². The Balaban J connectivity index is 3.03. The first-order chi connectivity index (χ1) is 8.99. The van der Waals surface area contributed by atoms with Crippen molar-refractivity contribution in [3.05, 3.63) is 23.8 Å². The van der Waals surface area contributed by atoms with Gasteiger partial charge >= 0.3 is 0 Å². The molecule has 0 fully saturated rings. The topological polar surface area (TPSA) is 87.4 Å². The van der Waals surface area contributed by atoms with Crippen LogP contribution in [0.4, 0.5) is 11.4 Å². The number of nitrogen functional groups attached to an aromatic ring is 1. The number of anilines is 2. The van der Waals surface area contributed by atoms with Crippen molar-refractivity contribution >= 4 is 17.3 Å². The van der Waals surface area contributed by atoms with Gasteiger partial charge in [-0.15, -0.1) is 0 Å². The third-order valence-electron chi connectivity index (χ3n) is 2.97. The molecule has 5 N–H and O–H groups in total. The summed E-state index contributed by atoms with van der Waals surface area (Å²) in [5.41, 5.74) is 7.53. The van der Waals surface area contributed by atoms with Crippen LogP contribution in [0.2, 0.25) is 0 Å². The first-order valence-corrected chi connectivity index (χ1v) is 6.54. The summed E-state index contributed by atoms with van der Waals surface area (Å²) >= 11 is 0. The average Bonchev–Trinajstić information content (AvgIpc) is 2.35. The van der Waals surface area contributed by atoms with E-state index in [0.717, 1.165) is 0 Å². The molecule has 19 heavy (non-hydrogen) atoms. The van der Waals surface area contributed by atoms with Gasteiger partial charge in [-0.1, -0.05) is 13.8 Å². The van der Waals surface area contributed by atoms with Crippen LogP contribution in [0.1, 0.15) is 31.1 Å². The average molecular weight is 265 g/mol. The molecule has 0 radical (unpaired) electrons. The molecule has 0 bridgehead atoms. The van der Waals surface area contributed by atoms with Crippen LogP contribution in [0.5, 0.6) is 0 Å². The maximum absolute atomic E-state index is 12.0. The summed E-state index contributed by atoms with van der Waals surface area (Å²) in [7, 11) is 0. The van der Waals surface area contributed by atoms with Gasteiger partial charge in [0, 0.05) is 17.9 Å². The highest BCUT2D eigenvalue weighted by atomic mass is 16.3. The Morgan fingerprint density at radius 1 is 1.42 bits per heavy atom. The van der Waals surface area contributed by atoms with Crippen LogP contribution in [-0.4, -0.2) is 30.2 Å². The maximum atomic E-state index is 12.0. The van der Waals surface area contributed by atoms with Crippen LogP contribution in [0.3, 0.4) is 0 Å². The second-order valence-corrected chi connectivity index (χ2v) is 4.84. The molecule has 0 saturated heterocycles. The fourth-order valence-electron chi connectivity index (χ4n) is 1.76. The molecule has 0 aliphatic rings. The second-order valence-electron chi connectivity index (χ2n) is 4.84. The predicted octanol–water partition coefficient (Wildman–Crippen LogP) is 1.45. The third-order valence-corrected chi connectivity index (χ3v) is 2.97. The van der Waals surface area contributed by atoms with Crippen LogP contribution in [-0.2, 0) is 0 Å². The highest BCUT2D eigenvalue weighted by Gasteiger charge is 2.16. The van der Waals surface area contributed by atoms with E-state index in [1.54, 1.807) is 18.2 Å².